The zero-order chi connectivity index (χ0) is 11.1. The highest BCUT2D eigenvalue weighted by molar-refractivity contribution is 4.63. The van der Waals surface area contributed by atoms with Crippen LogP contribution in [0.15, 0.2) is 0 Å². The normalized spacial score (nSPS) is 25.4. The molecule has 50 valence electrons. The van der Waals surface area contributed by atoms with Gasteiger partial charge in [0.25, 0.3) is 0 Å². The second-order valence-corrected chi connectivity index (χ2v) is 2.92. The van der Waals surface area contributed by atoms with Crippen LogP contribution in [0.2, 0.25) is 0 Å². The third kappa shape index (κ3) is 5.96. The molecular weight excluding hydrogens is 98.1 g/mol. The van der Waals surface area contributed by atoms with Gasteiger partial charge in [-0.1, -0.05) is 20.8 Å². The molecule has 0 saturated heterocycles. The highest BCUT2D eigenvalue weighted by atomic mass is 15.1. The van der Waals surface area contributed by atoms with Crippen molar-refractivity contribution in [2.45, 2.75) is 20.8 Å². The fourth-order valence-electron chi connectivity index (χ4n) is 0.503. The molecule has 0 unspecified atom stereocenters. The van der Waals surface area contributed by atoms with E-state index >= 15 is 0 Å². The maximum absolute atomic E-state index is 7.67. The number of hydrogen-bond acceptors (Lipinski definition) is 1. The van der Waals surface area contributed by atoms with E-state index in [0.29, 0.717) is 0 Å². The summed E-state index contributed by atoms with van der Waals surface area (Å²) in [6, 6.07) is 0. The smallest absolute Gasteiger partial charge is 0.0436 e. The predicted octanol–water partition coefficient (Wildman–Crippen LogP) is 1.59. The van der Waals surface area contributed by atoms with E-state index < -0.39 is 18.9 Å². The Morgan fingerprint density at radius 1 is 1.62 bits per heavy atom. The molecule has 0 atom stereocenters. The Morgan fingerprint density at radius 2 is 2.12 bits per heavy atom. The molecule has 0 aromatic rings. The lowest BCUT2D eigenvalue weighted by Crippen LogP contribution is -2.25. The zero-order valence-corrected chi connectivity index (χ0v) is 5.95. The lowest BCUT2D eigenvalue weighted by Gasteiger charge is -2.22. The van der Waals surface area contributed by atoms with Gasteiger partial charge in [-0.15, -0.1) is 0 Å². The van der Waals surface area contributed by atoms with Crippen molar-refractivity contribution < 1.29 is 6.85 Å². The molecule has 1 nitrogen and oxygen atoms in total. The van der Waals surface area contributed by atoms with E-state index in [4.69, 9.17) is 6.85 Å². The first-order chi connectivity index (χ1) is 5.40. The molecule has 0 aliphatic rings. The van der Waals surface area contributed by atoms with Crippen LogP contribution in [0.1, 0.15) is 27.6 Å². The van der Waals surface area contributed by atoms with Gasteiger partial charge in [0.05, 0.1) is 0 Å². The molecule has 0 aromatic carbocycles. The largest absolute Gasteiger partial charge is 0.309 e. The first-order valence-corrected chi connectivity index (χ1v) is 2.64. The monoisotopic (exact) mass is 120 g/mol. The standard InChI is InChI=1S/C7H17N/c1-7(2,3)6-8(4)5/h6H2,1-5H3/i4D3,6D2. The molecule has 8 heavy (non-hydrogen) atoms. The lowest BCUT2D eigenvalue weighted by molar-refractivity contribution is 0.263. The number of hydrogen-bond donors (Lipinski definition) is 0. The van der Waals surface area contributed by atoms with Crippen molar-refractivity contribution in [3.8, 4) is 0 Å². The molecule has 0 aliphatic carbocycles. The van der Waals surface area contributed by atoms with Crippen LogP contribution in [0.3, 0.4) is 0 Å². The third-order valence-electron chi connectivity index (χ3n) is 0.503. The zero-order valence-electron chi connectivity index (χ0n) is 10.9. The Kier molecular flexibility index (Phi) is 0.840. The summed E-state index contributed by atoms with van der Waals surface area (Å²) in [7, 11) is 1.28. The summed E-state index contributed by atoms with van der Waals surface area (Å²) in [4.78, 5) is 0.792. The summed E-state index contributed by atoms with van der Waals surface area (Å²) in [5.41, 5.74) is -0.726. The van der Waals surface area contributed by atoms with E-state index in [2.05, 4.69) is 0 Å². The quantitative estimate of drug-likeness (QED) is 0.508. The minimum absolute atomic E-state index is 0.726. The minimum atomic E-state index is -2.39. The van der Waals surface area contributed by atoms with Gasteiger partial charge in [0.1, 0.15) is 0 Å². The van der Waals surface area contributed by atoms with Crippen molar-refractivity contribution in [1.82, 2.24) is 4.90 Å². The van der Waals surface area contributed by atoms with Gasteiger partial charge in [0, 0.05) is 13.4 Å². The van der Waals surface area contributed by atoms with Crippen molar-refractivity contribution in [1.29, 1.82) is 0 Å². The first kappa shape index (κ1) is 2.70. The second-order valence-electron chi connectivity index (χ2n) is 2.92. The second kappa shape index (κ2) is 2.49. The van der Waals surface area contributed by atoms with Crippen LogP contribution in [0.5, 0.6) is 0 Å². The number of nitrogens with zero attached hydrogens (tertiary/aromatic N) is 1. The highest BCUT2D eigenvalue weighted by Gasteiger charge is 2.09. The predicted molar refractivity (Wildman–Crippen MR) is 38.0 cm³/mol. The van der Waals surface area contributed by atoms with Gasteiger partial charge in [0.15, 0.2) is 0 Å². The average Bonchev–Trinajstić information content (AvgIpc) is 1.81. The van der Waals surface area contributed by atoms with Gasteiger partial charge in [0.2, 0.25) is 0 Å². The van der Waals surface area contributed by atoms with Crippen LogP contribution in [0.25, 0.3) is 0 Å². The van der Waals surface area contributed by atoms with E-state index in [1.165, 1.54) is 7.05 Å². The first-order valence-electron chi connectivity index (χ1n) is 5.14. The third-order valence-corrected chi connectivity index (χ3v) is 0.503. The Bertz CT molecular complexity index is 178. The van der Waals surface area contributed by atoms with Crippen molar-refractivity contribution in [2.75, 3.05) is 20.5 Å². The van der Waals surface area contributed by atoms with Gasteiger partial charge < -0.3 is 4.90 Å². The van der Waals surface area contributed by atoms with E-state index in [0.717, 1.165) is 4.90 Å². The lowest BCUT2D eigenvalue weighted by atomic mass is 9.97. The molecule has 1 heteroatoms. The van der Waals surface area contributed by atoms with Crippen LogP contribution in [0.4, 0.5) is 0 Å². The molecule has 0 aliphatic heterocycles. The molecule has 0 saturated carbocycles. The minimum Gasteiger partial charge on any atom is -0.309 e. The molecule has 0 fully saturated rings. The molecule has 0 amide bonds. The molecule has 0 radical (unpaired) electrons. The van der Waals surface area contributed by atoms with Crippen LogP contribution in [0, 0.1) is 5.41 Å². The number of rotatable bonds is 1. The molecule has 0 N–H and O–H groups in total. The molecular formula is C7H17N. The van der Waals surface area contributed by atoms with E-state index in [9.17, 15) is 0 Å². The van der Waals surface area contributed by atoms with Gasteiger partial charge in [-0.25, -0.2) is 0 Å². The summed E-state index contributed by atoms with van der Waals surface area (Å²) in [5, 5.41) is 0. The van der Waals surface area contributed by atoms with E-state index in [1.807, 2.05) is 0 Å². The molecule has 0 heterocycles. The fraction of sp³-hybridized carbons (Fsp3) is 1.00. The molecule has 0 aromatic heterocycles. The summed E-state index contributed by atoms with van der Waals surface area (Å²) in [6.45, 7) is 0.786. The molecule has 0 rings (SSSR count). The van der Waals surface area contributed by atoms with Crippen molar-refractivity contribution in [2.24, 2.45) is 5.41 Å². The van der Waals surface area contributed by atoms with Crippen LogP contribution in [-0.4, -0.2) is 25.4 Å². The van der Waals surface area contributed by atoms with Gasteiger partial charge >= 0.3 is 0 Å². The van der Waals surface area contributed by atoms with Crippen molar-refractivity contribution in [3.05, 3.63) is 0 Å². The van der Waals surface area contributed by atoms with E-state index in [-0.39, 0.29) is 0 Å². The maximum atomic E-state index is 7.67. The Morgan fingerprint density at radius 3 is 2.25 bits per heavy atom. The maximum Gasteiger partial charge on any atom is 0.0436 e. The summed E-state index contributed by atoms with van der Waals surface area (Å²) >= 11 is 0. The Hall–Kier alpha value is -0.0400. The average molecular weight is 120 g/mol. The van der Waals surface area contributed by atoms with Crippen molar-refractivity contribution in [3.63, 3.8) is 0 Å². The van der Waals surface area contributed by atoms with E-state index in [1.54, 1.807) is 20.8 Å². The SMILES string of the molecule is [2H]C([2H])([2H])N(C)C([2H])([2H])C(C)(C)C. The van der Waals surface area contributed by atoms with Gasteiger partial charge in [-0.05, 0) is 19.4 Å². The molecule has 0 bridgehead atoms. The summed E-state index contributed by atoms with van der Waals surface area (Å²) < 4.78 is 36.6. The fourth-order valence-corrected chi connectivity index (χ4v) is 0.503. The topological polar surface area (TPSA) is 3.24 Å². The highest BCUT2D eigenvalue weighted by Crippen LogP contribution is 2.12. The van der Waals surface area contributed by atoms with Crippen molar-refractivity contribution >= 4 is 0 Å². The van der Waals surface area contributed by atoms with Crippen LogP contribution in [-0.2, 0) is 0 Å². The van der Waals surface area contributed by atoms with Crippen LogP contribution < -0.4 is 0 Å². The Balaban J connectivity index is 4.86. The van der Waals surface area contributed by atoms with Gasteiger partial charge in [-0.3, -0.25) is 0 Å². The molecule has 0 spiro atoms. The summed E-state index contributed by atoms with van der Waals surface area (Å²) in [5.74, 6) is 0. The van der Waals surface area contributed by atoms with Gasteiger partial charge in [-0.2, -0.15) is 0 Å². The van der Waals surface area contributed by atoms with Crippen LogP contribution >= 0.6 is 0 Å². The summed E-state index contributed by atoms with van der Waals surface area (Å²) in [6.07, 6.45) is 0. The Labute approximate surface area is 59.7 Å².